The molecule has 2 rings (SSSR count). The van der Waals surface area contributed by atoms with E-state index in [2.05, 4.69) is 5.32 Å². The highest BCUT2D eigenvalue weighted by molar-refractivity contribution is 4.73. The number of hydrogen-bond acceptors (Lipinski definition) is 3. The summed E-state index contributed by atoms with van der Waals surface area (Å²) in [4.78, 5) is 0. The van der Waals surface area contributed by atoms with Crippen molar-refractivity contribution < 1.29 is 9.47 Å². The molecule has 0 atom stereocenters. The topological polar surface area (TPSA) is 30.5 Å². The average molecular weight is 199 g/mol. The van der Waals surface area contributed by atoms with E-state index in [0.29, 0.717) is 6.10 Å². The fourth-order valence-corrected chi connectivity index (χ4v) is 2.07. The minimum atomic E-state index is 0.390. The Morgan fingerprint density at radius 3 is 2.64 bits per heavy atom. The van der Waals surface area contributed by atoms with Crippen LogP contribution >= 0.6 is 0 Å². The third-order valence-electron chi connectivity index (χ3n) is 3.07. The van der Waals surface area contributed by atoms with Crippen LogP contribution in [0.3, 0.4) is 0 Å². The first-order valence-corrected chi connectivity index (χ1v) is 5.88. The third-order valence-corrected chi connectivity index (χ3v) is 3.07. The van der Waals surface area contributed by atoms with Crippen molar-refractivity contribution in [2.45, 2.75) is 44.2 Å². The van der Waals surface area contributed by atoms with Crippen molar-refractivity contribution in [2.75, 3.05) is 26.4 Å². The van der Waals surface area contributed by atoms with E-state index in [1.807, 2.05) is 0 Å². The molecule has 3 heteroatoms. The molecule has 1 aliphatic heterocycles. The molecule has 82 valence electrons. The van der Waals surface area contributed by atoms with E-state index < -0.39 is 0 Å². The monoisotopic (exact) mass is 199 g/mol. The summed E-state index contributed by atoms with van der Waals surface area (Å²) in [5.41, 5.74) is 0. The summed E-state index contributed by atoms with van der Waals surface area (Å²) in [6, 6.07) is 0.794. The Morgan fingerprint density at radius 1 is 1.21 bits per heavy atom. The van der Waals surface area contributed by atoms with E-state index in [4.69, 9.17) is 9.47 Å². The van der Waals surface area contributed by atoms with Crippen LogP contribution in [0.1, 0.15) is 32.1 Å². The van der Waals surface area contributed by atoms with Gasteiger partial charge in [0.15, 0.2) is 0 Å². The van der Waals surface area contributed by atoms with Gasteiger partial charge in [0.25, 0.3) is 0 Å². The van der Waals surface area contributed by atoms with Crippen molar-refractivity contribution in [3.63, 3.8) is 0 Å². The van der Waals surface area contributed by atoms with Crippen molar-refractivity contribution in [3.05, 3.63) is 0 Å². The molecular weight excluding hydrogens is 178 g/mol. The molecule has 3 nitrogen and oxygen atoms in total. The number of rotatable bonds is 6. The van der Waals surface area contributed by atoms with Gasteiger partial charge in [-0.05, 0) is 25.8 Å². The van der Waals surface area contributed by atoms with Crippen LogP contribution in [0, 0.1) is 0 Å². The molecular formula is C11H21NO2. The molecule has 1 aliphatic carbocycles. The van der Waals surface area contributed by atoms with Gasteiger partial charge < -0.3 is 14.8 Å². The molecule has 1 saturated carbocycles. The summed E-state index contributed by atoms with van der Waals surface area (Å²) in [5, 5.41) is 3.58. The molecule has 0 aromatic rings. The second kappa shape index (κ2) is 5.69. The van der Waals surface area contributed by atoms with Gasteiger partial charge in [0, 0.05) is 12.6 Å². The van der Waals surface area contributed by atoms with Crippen LogP contribution in [0.4, 0.5) is 0 Å². The Kier molecular flexibility index (Phi) is 4.22. The summed E-state index contributed by atoms with van der Waals surface area (Å²) in [6.45, 7) is 3.60. The van der Waals surface area contributed by atoms with Crippen LogP contribution in [-0.4, -0.2) is 38.5 Å². The van der Waals surface area contributed by atoms with E-state index in [-0.39, 0.29) is 0 Å². The lowest BCUT2D eigenvalue weighted by Crippen LogP contribution is -2.36. The van der Waals surface area contributed by atoms with E-state index >= 15 is 0 Å². The largest absolute Gasteiger partial charge is 0.376 e. The Hall–Kier alpha value is -0.120. The maximum atomic E-state index is 5.58. The first-order chi connectivity index (χ1) is 6.95. The van der Waals surface area contributed by atoms with E-state index in [9.17, 15) is 0 Å². The summed E-state index contributed by atoms with van der Waals surface area (Å²) in [7, 11) is 0. The highest BCUT2D eigenvalue weighted by Crippen LogP contribution is 2.17. The van der Waals surface area contributed by atoms with Crippen molar-refractivity contribution in [1.82, 2.24) is 5.32 Å². The summed E-state index contributed by atoms with van der Waals surface area (Å²) in [5.74, 6) is 0. The molecule has 0 aromatic carbocycles. The zero-order chi connectivity index (χ0) is 9.64. The van der Waals surface area contributed by atoms with Gasteiger partial charge in [-0.2, -0.15) is 0 Å². The van der Waals surface area contributed by atoms with Crippen LogP contribution in [-0.2, 0) is 9.47 Å². The molecule has 14 heavy (non-hydrogen) atoms. The number of nitrogens with one attached hydrogen (secondary N) is 1. The zero-order valence-corrected chi connectivity index (χ0v) is 8.84. The normalized spacial score (nSPS) is 24.0. The standard InChI is InChI=1S/C11H21NO2/c1-2-5-10(4-1)12-6-3-7-14-11-8-13-9-11/h10-12H,1-9H2. The van der Waals surface area contributed by atoms with Gasteiger partial charge in [0.05, 0.1) is 13.2 Å². The Morgan fingerprint density at radius 2 is 2.00 bits per heavy atom. The summed E-state index contributed by atoms with van der Waals surface area (Å²) < 4.78 is 10.6. The molecule has 0 spiro atoms. The minimum absolute atomic E-state index is 0.390. The van der Waals surface area contributed by atoms with Gasteiger partial charge >= 0.3 is 0 Å². The van der Waals surface area contributed by atoms with Crippen molar-refractivity contribution in [1.29, 1.82) is 0 Å². The maximum Gasteiger partial charge on any atom is 0.104 e. The van der Waals surface area contributed by atoms with Crippen molar-refractivity contribution >= 4 is 0 Å². The lowest BCUT2D eigenvalue weighted by atomic mass is 10.2. The predicted octanol–water partition coefficient (Wildman–Crippen LogP) is 1.32. The molecule has 0 unspecified atom stereocenters. The van der Waals surface area contributed by atoms with Crippen LogP contribution < -0.4 is 5.32 Å². The highest BCUT2D eigenvalue weighted by atomic mass is 16.6. The average Bonchev–Trinajstić information content (AvgIpc) is 2.60. The highest BCUT2D eigenvalue weighted by Gasteiger charge is 2.18. The van der Waals surface area contributed by atoms with Gasteiger partial charge in [0.2, 0.25) is 0 Å². The van der Waals surface area contributed by atoms with Gasteiger partial charge in [-0.15, -0.1) is 0 Å². The lowest BCUT2D eigenvalue weighted by molar-refractivity contribution is -0.129. The Balaban J connectivity index is 1.39. The molecule has 0 bridgehead atoms. The van der Waals surface area contributed by atoms with Gasteiger partial charge in [-0.3, -0.25) is 0 Å². The van der Waals surface area contributed by atoms with E-state index in [0.717, 1.165) is 38.8 Å². The zero-order valence-electron chi connectivity index (χ0n) is 8.84. The second-order valence-corrected chi connectivity index (χ2v) is 4.32. The fraction of sp³-hybridized carbons (Fsp3) is 1.00. The van der Waals surface area contributed by atoms with Crippen LogP contribution in [0.5, 0.6) is 0 Å². The number of hydrogen-bond donors (Lipinski definition) is 1. The molecule has 1 heterocycles. The van der Waals surface area contributed by atoms with Crippen LogP contribution in [0.15, 0.2) is 0 Å². The van der Waals surface area contributed by atoms with E-state index in [1.165, 1.54) is 25.7 Å². The lowest BCUT2D eigenvalue weighted by Gasteiger charge is -2.26. The first-order valence-electron chi connectivity index (χ1n) is 5.88. The first kappa shape index (κ1) is 10.4. The fourth-order valence-electron chi connectivity index (χ4n) is 2.07. The van der Waals surface area contributed by atoms with E-state index in [1.54, 1.807) is 0 Å². The quantitative estimate of drug-likeness (QED) is 0.655. The maximum absolute atomic E-state index is 5.58. The molecule has 2 fully saturated rings. The van der Waals surface area contributed by atoms with Gasteiger partial charge in [-0.25, -0.2) is 0 Å². The molecule has 1 N–H and O–H groups in total. The molecule has 0 radical (unpaired) electrons. The predicted molar refractivity (Wildman–Crippen MR) is 55.4 cm³/mol. The van der Waals surface area contributed by atoms with Crippen molar-refractivity contribution in [2.24, 2.45) is 0 Å². The minimum Gasteiger partial charge on any atom is -0.376 e. The smallest absolute Gasteiger partial charge is 0.104 e. The molecule has 0 amide bonds. The van der Waals surface area contributed by atoms with Crippen molar-refractivity contribution in [3.8, 4) is 0 Å². The molecule has 2 aliphatic rings. The van der Waals surface area contributed by atoms with Gasteiger partial charge in [0.1, 0.15) is 6.10 Å². The molecule has 1 saturated heterocycles. The Bertz CT molecular complexity index is 153. The van der Waals surface area contributed by atoms with Crippen LogP contribution in [0.25, 0.3) is 0 Å². The van der Waals surface area contributed by atoms with Crippen LogP contribution in [0.2, 0.25) is 0 Å². The summed E-state index contributed by atoms with van der Waals surface area (Å²) >= 11 is 0. The SMILES string of the molecule is C(CNC1CCCC1)COC1COC1. The number of ether oxygens (including phenoxy) is 2. The third kappa shape index (κ3) is 3.23. The summed E-state index contributed by atoms with van der Waals surface area (Å²) in [6.07, 6.45) is 7.09. The van der Waals surface area contributed by atoms with Gasteiger partial charge in [-0.1, -0.05) is 12.8 Å². The Labute approximate surface area is 86.2 Å². The second-order valence-electron chi connectivity index (χ2n) is 4.32. The molecule has 0 aromatic heterocycles.